The van der Waals surface area contributed by atoms with Gasteiger partial charge in [-0.2, -0.15) is 0 Å². The van der Waals surface area contributed by atoms with Gasteiger partial charge < -0.3 is 15.0 Å². The SMILES string of the molecule is CNC(=O)C1CCCN(C(=O)c2ccnc(OC3CCC3)c2)C1. The minimum absolute atomic E-state index is 0.00577. The molecular weight excluding hydrogens is 294 g/mol. The van der Waals surface area contributed by atoms with Gasteiger partial charge in [0.2, 0.25) is 11.8 Å². The molecule has 0 bridgehead atoms. The van der Waals surface area contributed by atoms with E-state index in [1.165, 1.54) is 6.42 Å². The topological polar surface area (TPSA) is 71.5 Å². The fourth-order valence-corrected chi connectivity index (χ4v) is 3.03. The van der Waals surface area contributed by atoms with Gasteiger partial charge in [-0.1, -0.05) is 0 Å². The summed E-state index contributed by atoms with van der Waals surface area (Å²) in [7, 11) is 1.63. The quantitative estimate of drug-likeness (QED) is 0.916. The van der Waals surface area contributed by atoms with E-state index in [0.29, 0.717) is 24.5 Å². The predicted octanol–water partition coefficient (Wildman–Crippen LogP) is 1.61. The first kappa shape index (κ1) is 15.8. The van der Waals surface area contributed by atoms with Crippen molar-refractivity contribution in [2.24, 2.45) is 5.92 Å². The van der Waals surface area contributed by atoms with E-state index in [2.05, 4.69) is 10.3 Å². The normalized spacial score (nSPS) is 21.4. The summed E-state index contributed by atoms with van der Waals surface area (Å²) < 4.78 is 5.76. The molecule has 1 saturated carbocycles. The lowest BCUT2D eigenvalue weighted by Crippen LogP contribution is -2.44. The Labute approximate surface area is 136 Å². The number of hydrogen-bond donors (Lipinski definition) is 1. The number of carbonyl (C=O) groups excluding carboxylic acids is 2. The van der Waals surface area contributed by atoms with Crippen LogP contribution in [-0.2, 0) is 4.79 Å². The Morgan fingerprint density at radius 3 is 2.83 bits per heavy atom. The van der Waals surface area contributed by atoms with Gasteiger partial charge in [-0.3, -0.25) is 9.59 Å². The summed E-state index contributed by atoms with van der Waals surface area (Å²) in [5.41, 5.74) is 0.576. The standard InChI is InChI=1S/C17H23N3O3/c1-18-16(21)13-4-3-9-20(11-13)17(22)12-7-8-19-15(10-12)23-14-5-2-6-14/h7-8,10,13-14H,2-6,9,11H2,1H3,(H,18,21). The molecule has 1 saturated heterocycles. The van der Waals surface area contributed by atoms with E-state index in [1.807, 2.05) is 0 Å². The van der Waals surface area contributed by atoms with E-state index in [0.717, 1.165) is 25.7 Å². The van der Waals surface area contributed by atoms with E-state index in [4.69, 9.17) is 4.74 Å². The molecule has 2 heterocycles. The first-order valence-electron chi connectivity index (χ1n) is 8.31. The summed E-state index contributed by atoms with van der Waals surface area (Å²) >= 11 is 0. The predicted molar refractivity (Wildman–Crippen MR) is 85.2 cm³/mol. The van der Waals surface area contributed by atoms with Crippen molar-refractivity contribution in [1.29, 1.82) is 0 Å². The lowest BCUT2D eigenvalue weighted by Gasteiger charge is -2.32. The van der Waals surface area contributed by atoms with Gasteiger partial charge in [0.25, 0.3) is 5.91 Å². The zero-order valence-corrected chi connectivity index (χ0v) is 13.5. The third kappa shape index (κ3) is 3.63. The number of hydrogen-bond acceptors (Lipinski definition) is 4. The van der Waals surface area contributed by atoms with Crippen molar-refractivity contribution in [1.82, 2.24) is 15.2 Å². The summed E-state index contributed by atoms with van der Waals surface area (Å²) in [4.78, 5) is 30.4. The third-order valence-corrected chi connectivity index (χ3v) is 4.65. The van der Waals surface area contributed by atoms with Crippen LogP contribution >= 0.6 is 0 Å². The van der Waals surface area contributed by atoms with Crippen LogP contribution in [0.15, 0.2) is 18.3 Å². The minimum Gasteiger partial charge on any atom is -0.474 e. The van der Waals surface area contributed by atoms with Gasteiger partial charge >= 0.3 is 0 Å². The van der Waals surface area contributed by atoms with Crippen LogP contribution in [0.5, 0.6) is 5.88 Å². The summed E-state index contributed by atoms with van der Waals surface area (Å²) in [6.07, 6.45) is 6.83. The largest absolute Gasteiger partial charge is 0.474 e. The molecular formula is C17H23N3O3. The number of rotatable bonds is 4. The van der Waals surface area contributed by atoms with E-state index >= 15 is 0 Å². The fraction of sp³-hybridized carbons (Fsp3) is 0.588. The Bertz CT molecular complexity index is 586. The average Bonchev–Trinajstić information content (AvgIpc) is 2.57. The van der Waals surface area contributed by atoms with E-state index in [1.54, 1.807) is 30.3 Å². The molecule has 124 valence electrons. The van der Waals surface area contributed by atoms with Crippen LogP contribution in [0.3, 0.4) is 0 Å². The number of nitrogens with one attached hydrogen (secondary N) is 1. The maximum Gasteiger partial charge on any atom is 0.254 e. The summed E-state index contributed by atoms with van der Waals surface area (Å²) in [5.74, 6) is 0.344. The van der Waals surface area contributed by atoms with Crippen molar-refractivity contribution in [3.05, 3.63) is 23.9 Å². The molecule has 1 aromatic rings. The number of amides is 2. The second-order valence-corrected chi connectivity index (χ2v) is 6.26. The summed E-state index contributed by atoms with van der Waals surface area (Å²) in [6.45, 7) is 1.16. The van der Waals surface area contributed by atoms with E-state index in [-0.39, 0.29) is 23.8 Å². The Balaban J connectivity index is 1.66. The van der Waals surface area contributed by atoms with Gasteiger partial charge in [-0.15, -0.1) is 0 Å². The van der Waals surface area contributed by atoms with Gasteiger partial charge in [-0.25, -0.2) is 4.98 Å². The maximum absolute atomic E-state index is 12.7. The zero-order chi connectivity index (χ0) is 16.2. The van der Waals surface area contributed by atoms with Gasteiger partial charge in [0.15, 0.2) is 0 Å². The van der Waals surface area contributed by atoms with Crippen molar-refractivity contribution >= 4 is 11.8 Å². The highest BCUT2D eigenvalue weighted by Gasteiger charge is 2.28. The average molecular weight is 317 g/mol. The zero-order valence-electron chi connectivity index (χ0n) is 13.5. The molecule has 1 aliphatic carbocycles. The molecule has 0 spiro atoms. The molecule has 6 nitrogen and oxygen atoms in total. The summed E-state index contributed by atoms with van der Waals surface area (Å²) in [5, 5.41) is 2.67. The molecule has 6 heteroatoms. The number of nitrogens with zero attached hydrogens (tertiary/aromatic N) is 2. The van der Waals surface area contributed by atoms with Crippen LogP contribution in [0, 0.1) is 5.92 Å². The molecule has 2 amide bonds. The van der Waals surface area contributed by atoms with E-state index in [9.17, 15) is 9.59 Å². The Hall–Kier alpha value is -2.11. The van der Waals surface area contributed by atoms with Crippen molar-refractivity contribution < 1.29 is 14.3 Å². The van der Waals surface area contributed by atoms with Crippen LogP contribution < -0.4 is 10.1 Å². The maximum atomic E-state index is 12.7. The fourth-order valence-electron chi connectivity index (χ4n) is 3.03. The smallest absolute Gasteiger partial charge is 0.254 e. The number of ether oxygens (including phenoxy) is 1. The van der Waals surface area contributed by atoms with Crippen molar-refractivity contribution in [2.45, 2.75) is 38.2 Å². The van der Waals surface area contributed by atoms with Crippen LogP contribution in [0.4, 0.5) is 0 Å². The van der Waals surface area contributed by atoms with Gasteiger partial charge in [0, 0.05) is 38.0 Å². The monoisotopic (exact) mass is 317 g/mol. The van der Waals surface area contributed by atoms with Gasteiger partial charge in [0.1, 0.15) is 6.10 Å². The van der Waals surface area contributed by atoms with E-state index < -0.39 is 0 Å². The molecule has 1 unspecified atom stereocenters. The lowest BCUT2D eigenvalue weighted by atomic mass is 9.96. The highest BCUT2D eigenvalue weighted by atomic mass is 16.5. The Morgan fingerprint density at radius 1 is 1.30 bits per heavy atom. The number of pyridine rings is 1. The molecule has 2 aliphatic rings. The van der Waals surface area contributed by atoms with Gasteiger partial charge in [-0.05, 0) is 38.2 Å². The van der Waals surface area contributed by atoms with Gasteiger partial charge in [0.05, 0.1) is 5.92 Å². The molecule has 23 heavy (non-hydrogen) atoms. The van der Waals surface area contributed by atoms with Crippen LogP contribution in [0.2, 0.25) is 0 Å². The molecule has 1 aromatic heterocycles. The number of likely N-dealkylation sites (tertiary alicyclic amines) is 1. The summed E-state index contributed by atoms with van der Waals surface area (Å²) in [6, 6.07) is 3.42. The molecule has 0 radical (unpaired) electrons. The Kier molecular flexibility index (Phi) is 4.79. The number of carbonyl (C=O) groups is 2. The first-order valence-corrected chi connectivity index (χ1v) is 8.31. The molecule has 1 aliphatic heterocycles. The Morgan fingerprint density at radius 2 is 2.13 bits per heavy atom. The highest BCUT2D eigenvalue weighted by molar-refractivity contribution is 5.95. The second-order valence-electron chi connectivity index (χ2n) is 6.26. The van der Waals surface area contributed by atoms with Crippen LogP contribution in [0.1, 0.15) is 42.5 Å². The molecule has 2 fully saturated rings. The van der Waals surface area contributed by atoms with Crippen molar-refractivity contribution in [3.63, 3.8) is 0 Å². The molecule has 1 N–H and O–H groups in total. The lowest BCUT2D eigenvalue weighted by molar-refractivity contribution is -0.125. The molecule has 3 rings (SSSR count). The van der Waals surface area contributed by atoms with Crippen LogP contribution in [0.25, 0.3) is 0 Å². The van der Waals surface area contributed by atoms with Crippen LogP contribution in [-0.4, -0.2) is 47.9 Å². The second kappa shape index (κ2) is 6.98. The number of piperidine rings is 1. The van der Waals surface area contributed by atoms with Crippen molar-refractivity contribution in [3.8, 4) is 5.88 Å². The minimum atomic E-state index is -0.120. The first-order chi connectivity index (χ1) is 11.2. The van der Waals surface area contributed by atoms with Crippen molar-refractivity contribution in [2.75, 3.05) is 20.1 Å². The number of aromatic nitrogens is 1. The third-order valence-electron chi connectivity index (χ3n) is 4.65. The highest BCUT2D eigenvalue weighted by Crippen LogP contribution is 2.25. The molecule has 0 aromatic carbocycles. The molecule has 1 atom stereocenters.